The van der Waals surface area contributed by atoms with Crippen LogP contribution in [0.5, 0.6) is 5.75 Å². The van der Waals surface area contributed by atoms with Gasteiger partial charge in [-0.15, -0.1) is 0 Å². The Morgan fingerprint density at radius 3 is 2.67 bits per heavy atom. The molecule has 0 aliphatic rings. The number of benzene rings is 2. The van der Waals surface area contributed by atoms with Crippen molar-refractivity contribution in [3.63, 3.8) is 0 Å². The fraction of sp³-hybridized carbons (Fsp3) is 0.0625. The second kappa shape index (κ2) is 5.33. The molecule has 2 N–H and O–H groups in total. The number of phenols is 1. The lowest BCUT2D eigenvalue weighted by Gasteiger charge is -2.09. The summed E-state index contributed by atoms with van der Waals surface area (Å²) in [7, 11) is 0. The first kappa shape index (κ1) is 13.8. The molecule has 104 valence electrons. The molecule has 0 amide bonds. The van der Waals surface area contributed by atoms with E-state index in [9.17, 15) is 5.11 Å². The number of aromatic nitrogens is 1. The van der Waals surface area contributed by atoms with Crippen LogP contribution in [0.4, 0.5) is 0 Å². The molecule has 3 aromatic rings. The molecule has 0 atom stereocenters. The predicted molar refractivity (Wildman–Crippen MR) is 84.7 cm³/mol. The van der Waals surface area contributed by atoms with E-state index in [0.29, 0.717) is 15.6 Å². The van der Waals surface area contributed by atoms with E-state index in [1.807, 2.05) is 0 Å². The molecule has 1 aromatic heterocycles. The van der Waals surface area contributed by atoms with Gasteiger partial charge in [-0.3, -0.25) is 0 Å². The van der Waals surface area contributed by atoms with Gasteiger partial charge < -0.3 is 10.1 Å². The molecule has 0 saturated heterocycles. The maximum absolute atomic E-state index is 10.3. The highest BCUT2D eigenvalue weighted by Crippen LogP contribution is 2.40. The van der Waals surface area contributed by atoms with Crippen molar-refractivity contribution in [2.24, 2.45) is 0 Å². The molecule has 0 aliphatic heterocycles. The molecule has 3 rings (SSSR count). The van der Waals surface area contributed by atoms with E-state index < -0.39 is 0 Å². The van der Waals surface area contributed by atoms with Gasteiger partial charge in [0, 0.05) is 22.7 Å². The van der Waals surface area contributed by atoms with Crippen molar-refractivity contribution in [3.8, 4) is 22.9 Å². The zero-order valence-corrected chi connectivity index (χ0v) is 12.3. The first-order chi connectivity index (χ1) is 10.1. The molecule has 2 aromatic carbocycles. The van der Waals surface area contributed by atoms with Crippen LogP contribution < -0.4 is 0 Å². The largest absolute Gasteiger partial charge is 0.507 e. The van der Waals surface area contributed by atoms with Crippen molar-refractivity contribution < 1.29 is 5.11 Å². The maximum Gasteiger partial charge on any atom is 0.124 e. The van der Waals surface area contributed by atoms with Crippen molar-refractivity contribution in [2.75, 3.05) is 0 Å². The smallest absolute Gasteiger partial charge is 0.124 e. The number of fused-ring (bicyclic) bond motifs is 1. The number of nitrogens with zero attached hydrogens (tertiary/aromatic N) is 1. The average molecular weight is 317 g/mol. The van der Waals surface area contributed by atoms with E-state index in [1.54, 1.807) is 36.5 Å². The lowest BCUT2D eigenvalue weighted by Crippen LogP contribution is -1.86. The van der Waals surface area contributed by atoms with E-state index >= 15 is 0 Å². The van der Waals surface area contributed by atoms with E-state index in [2.05, 4.69) is 11.1 Å². The number of rotatable bonds is 2. The molecule has 5 heteroatoms. The molecular formula is C16H10Cl2N2O. The standard InChI is InChI=1S/C16H10Cl2N2O/c17-11-2-1-9(7-12(11)18)16-14(21)4-3-13-15(16)10(5-6-19)8-20-13/h1-4,7-8,20-21H,5H2. The van der Waals surface area contributed by atoms with Crippen LogP contribution in [0.2, 0.25) is 10.0 Å². The Labute approximate surface area is 131 Å². The Bertz CT molecular complexity index is 878. The van der Waals surface area contributed by atoms with Gasteiger partial charge in [0.1, 0.15) is 5.75 Å². The molecule has 0 spiro atoms. The third kappa shape index (κ3) is 2.33. The van der Waals surface area contributed by atoms with Crippen LogP contribution in [-0.4, -0.2) is 10.1 Å². The van der Waals surface area contributed by atoms with Gasteiger partial charge in [0.2, 0.25) is 0 Å². The summed E-state index contributed by atoms with van der Waals surface area (Å²) in [6.45, 7) is 0. The topological polar surface area (TPSA) is 59.8 Å². The Balaban J connectivity index is 2.34. The van der Waals surface area contributed by atoms with Gasteiger partial charge >= 0.3 is 0 Å². The van der Waals surface area contributed by atoms with Crippen LogP contribution in [0.25, 0.3) is 22.0 Å². The fourth-order valence-corrected chi connectivity index (χ4v) is 2.75. The molecule has 0 bridgehead atoms. The van der Waals surface area contributed by atoms with Crippen LogP contribution in [0, 0.1) is 11.3 Å². The minimum Gasteiger partial charge on any atom is -0.507 e. The summed E-state index contributed by atoms with van der Waals surface area (Å²) in [6, 6.07) is 10.7. The van der Waals surface area contributed by atoms with E-state index in [1.165, 1.54) is 0 Å². The van der Waals surface area contributed by atoms with E-state index in [0.717, 1.165) is 22.0 Å². The Morgan fingerprint density at radius 2 is 1.95 bits per heavy atom. The molecule has 0 saturated carbocycles. The van der Waals surface area contributed by atoms with Gasteiger partial charge in [0.05, 0.1) is 22.5 Å². The second-order valence-electron chi connectivity index (χ2n) is 4.66. The summed E-state index contributed by atoms with van der Waals surface area (Å²) in [5.74, 6) is 0.139. The number of phenolic OH excluding ortho intramolecular Hbond substituents is 1. The van der Waals surface area contributed by atoms with Crippen molar-refractivity contribution in [1.82, 2.24) is 4.98 Å². The minimum atomic E-state index is 0.139. The van der Waals surface area contributed by atoms with Gasteiger partial charge in [-0.1, -0.05) is 29.3 Å². The van der Waals surface area contributed by atoms with Crippen LogP contribution in [0.1, 0.15) is 5.56 Å². The van der Waals surface area contributed by atoms with Crippen molar-refractivity contribution in [3.05, 3.63) is 52.1 Å². The number of aromatic amines is 1. The first-order valence-electron chi connectivity index (χ1n) is 6.26. The highest BCUT2D eigenvalue weighted by Gasteiger charge is 2.15. The first-order valence-corrected chi connectivity index (χ1v) is 7.01. The SMILES string of the molecule is N#CCc1c[nH]c2ccc(O)c(-c3ccc(Cl)c(Cl)c3)c12. The number of aromatic hydroxyl groups is 1. The predicted octanol–water partition coefficient (Wildman–Crippen LogP) is 4.91. The summed E-state index contributed by atoms with van der Waals surface area (Å²) < 4.78 is 0. The highest BCUT2D eigenvalue weighted by molar-refractivity contribution is 6.42. The van der Waals surface area contributed by atoms with Crippen molar-refractivity contribution in [2.45, 2.75) is 6.42 Å². The molecule has 21 heavy (non-hydrogen) atoms. The van der Waals surface area contributed by atoms with E-state index in [-0.39, 0.29) is 12.2 Å². The van der Waals surface area contributed by atoms with Gasteiger partial charge in [0.25, 0.3) is 0 Å². The second-order valence-corrected chi connectivity index (χ2v) is 5.47. The third-order valence-corrected chi connectivity index (χ3v) is 4.12. The normalized spacial score (nSPS) is 10.7. The number of H-pyrrole nitrogens is 1. The number of hydrogen-bond donors (Lipinski definition) is 2. The summed E-state index contributed by atoms with van der Waals surface area (Å²) in [5.41, 5.74) is 3.10. The lowest BCUT2D eigenvalue weighted by atomic mass is 9.97. The quantitative estimate of drug-likeness (QED) is 0.705. The molecule has 3 nitrogen and oxygen atoms in total. The fourth-order valence-electron chi connectivity index (χ4n) is 2.45. The summed E-state index contributed by atoms with van der Waals surface area (Å²) in [5, 5.41) is 20.9. The van der Waals surface area contributed by atoms with Crippen LogP contribution in [0.15, 0.2) is 36.5 Å². The van der Waals surface area contributed by atoms with Gasteiger partial charge in [0.15, 0.2) is 0 Å². The number of halogens is 2. The highest BCUT2D eigenvalue weighted by atomic mass is 35.5. The zero-order valence-electron chi connectivity index (χ0n) is 10.8. The minimum absolute atomic E-state index is 0.139. The summed E-state index contributed by atoms with van der Waals surface area (Å²) >= 11 is 12.0. The van der Waals surface area contributed by atoms with Gasteiger partial charge in [-0.05, 0) is 35.4 Å². The summed E-state index contributed by atoms with van der Waals surface area (Å²) in [6.07, 6.45) is 2.05. The Kier molecular flexibility index (Phi) is 3.50. The number of nitrogens with one attached hydrogen (secondary N) is 1. The molecular weight excluding hydrogens is 307 g/mol. The zero-order chi connectivity index (χ0) is 15.0. The monoisotopic (exact) mass is 316 g/mol. The number of hydrogen-bond acceptors (Lipinski definition) is 2. The van der Waals surface area contributed by atoms with Crippen LogP contribution in [-0.2, 0) is 6.42 Å². The third-order valence-electron chi connectivity index (χ3n) is 3.38. The van der Waals surface area contributed by atoms with Gasteiger partial charge in [-0.25, -0.2) is 0 Å². The lowest BCUT2D eigenvalue weighted by molar-refractivity contribution is 0.478. The Morgan fingerprint density at radius 1 is 1.14 bits per heavy atom. The molecule has 0 unspecified atom stereocenters. The van der Waals surface area contributed by atoms with Crippen LogP contribution >= 0.6 is 23.2 Å². The molecule has 0 fully saturated rings. The molecule has 0 radical (unpaired) electrons. The maximum atomic E-state index is 10.3. The number of nitriles is 1. The van der Waals surface area contributed by atoms with E-state index in [4.69, 9.17) is 28.5 Å². The van der Waals surface area contributed by atoms with Crippen molar-refractivity contribution >= 4 is 34.1 Å². The summed E-state index contributed by atoms with van der Waals surface area (Å²) in [4.78, 5) is 3.12. The average Bonchev–Trinajstić information content (AvgIpc) is 2.86. The molecule has 0 aliphatic carbocycles. The van der Waals surface area contributed by atoms with Gasteiger partial charge in [-0.2, -0.15) is 5.26 Å². The Hall–Kier alpha value is -2.15. The van der Waals surface area contributed by atoms with Crippen molar-refractivity contribution in [1.29, 1.82) is 5.26 Å². The molecule has 1 heterocycles. The van der Waals surface area contributed by atoms with Crippen LogP contribution in [0.3, 0.4) is 0 Å².